The van der Waals surface area contributed by atoms with Crippen molar-refractivity contribution in [2.24, 2.45) is 0 Å². The quantitative estimate of drug-likeness (QED) is 0.286. The van der Waals surface area contributed by atoms with Crippen molar-refractivity contribution >= 4 is 23.6 Å². The van der Waals surface area contributed by atoms with E-state index in [0.717, 1.165) is 4.90 Å². The molecule has 0 fully saturated rings. The summed E-state index contributed by atoms with van der Waals surface area (Å²) in [4.78, 5) is 25.3. The highest BCUT2D eigenvalue weighted by Crippen LogP contribution is 2.26. The Bertz CT molecular complexity index is 958. The second kappa shape index (κ2) is 13.1. The third kappa shape index (κ3) is 8.49. The Hall–Kier alpha value is -2.61. The number of hydrogen-bond donors (Lipinski definition) is 1. The number of nitrogens with zero attached hydrogens (tertiary/aromatic N) is 1. The first-order chi connectivity index (χ1) is 16.0. The van der Waals surface area contributed by atoms with Gasteiger partial charge in [0.25, 0.3) is 11.7 Å². The summed E-state index contributed by atoms with van der Waals surface area (Å²) in [7, 11) is 0. The van der Waals surface area contributed by atoms with E-state index in [4.69, 9.17) is 12.6 Å². The van der Waals surface area contributed by atoms with Crippen LogP contribution in [0.3, 0.4) is 0 Å². The van der Waals surface area contributed by atoms with E-state index in [-0.39, 0.29) is 24.2 Å². The van der Waals surface area contributed by atoms with E-state index in [0.29, 0.717) is 41.7 Å². The van der Waals surface area contributed by atoms with Crippen molar-refractivity contribution in [1.82, 2.24) is 4.90 Å². The minimum atomic E-state index is -2.57. The molecule has 0 spiro atoms. The zero-order valence-electron chi connectivity index (χ0n) is 20.1. The van der Waals surface area contributed by atoms with Gasteiger partial charge in [-0.1, -0.05) is 30.0 Å². The molecule has 0 radical (unpaired) electrons. The summed E-state index contributed by atoms with van der Waals surface area (Å²) in [6.45, 7) is 1.46. The van der Waals surface area contributed by atoms with Crippen LogP contribution >= 0.6 is 11.8 Å². The summed E-state index contributed by atoms with van der Waals surface area (Å²) < 4.78 is 48.6. The third-order valence-corrected chi connectivity index (χ3v) is 5.20. The van der Waals surface area contributed by atoms with Crippen LogP contribution in [0.1, 0.15) is 58.2 Å². The zero-order chi connectivity index (χ0) is 25.3. The van der Waals surface area contributed by atoms with Gasteiger partial charge in [-0.3, -0.25) is 9.59 Å². The van der Waals surface area contributed by atoms with Gasteiger partial charge in [0.05, 0.1) is 9.35 Å². The number of para-hydroxylation sites is 1. The van der Waals surface area contributed by atoms with E-state index in [1.54, 1.807) is 38.1 Å². The molecule has 0 aliphatic carbocycles. The number of benzene rings is 2. The molecule has 0 bridgehead atoms. The molecule has 0 aliphatic heterocycles. The number of carboxylic acids is 1. The van der Waals surface area contributed by atoms with Gasteiger partial charge in [0, 0.05) is 35.0 Å². The van der Waals surface area contributed by atoms with Crippen LogP contribution in [-0.4, -0.2) is 40.3 Å². The average Bonchev–Trinajstić information content (AvgIpc) is 2.75. The second-order valence-electron chi connectivity index (χ2n) is 7.33. The van der Waals surface area contributed by atoms with Gasteiger partial charge in [0.1, 0.15) is 5.75 Å². The maximum atomic E-state index is 13.3. The molecule has 174 valence electrons. The molecule has 2 aromatic carbocycles. The first-order valence-electron chi connectivity index (χ1n) is 11.4. The molecule has 1 N–H and O–H groups in total. The van der Waals surface area contributed by atoms with Crippen LogP contribution in [-0.2, 0) is 11.3 Å². The molecule has 5 nitrogen and oxygen atoms in total. The number of unbranched alkanes of at least 4 members (excludes halogenated alkanes) is 2. The number of halogens is 2. The van der Waals surface area contributed by atoms with Crippen LogP contribution in [0.25, 0.3) is 0 Å². The van der Waals surface area contributed by atoms with Gasteiger partial charge >= 0.3 is 5.97 Å². The van der Waals surface area contributed by atoms with E-state index >= 15 is 0 Å². The smallest absolute Gasteiger partial charge is 0.303 e. The second-order valence-corrected chi connectivity index (χ2v) is 8.40. The molecule has 32 heavy (non-hydrogen) atoms. The van der Waals surface area contributed by atoms with Gasteiger partial charge in [-0.15, -0.1) is 0 Å². The zero-order valence-corrected chi connectivity index (χ0v) is 18.9. The number of rotatable bonds is 13. The fraction of sp³-hybridized carbons (Fsp3) is 0.417. The Labute approximate surface area is 194 Å². The lowest BCUT2D eigenvalue weighted by atomic mass is 10.1. The molecular weight excluding hydrogens is 436 g/mol. The van der Waals surface area contributed by atoms with Crippen LogP contribution in [0.2, 0.25) is 0 Å². The number of ether oxygens (including phenoxy) is 1. The molecule has 8 heteroatoms. The summed E-state index contributed by atoms with van der Waals surface area (Å²) in [6.07, 6.45) is 1.90. The fourth-order valence-electron chi connectivity index (χ4n) is 2.88. The SMILES string of the molecule is [2H]C([2H])(c1ccccc1OCCCCCC(=O)O)N(C(=O)c1ccc(SC(F)F)cc1)C(C)C. The minimum absolute atomic E-state index is 0.0897. The molecule has 0 aliphatic rings. The summed E-state index contributed by atoms with van der Waals surface area (Å²) in [6, 6.07) is 11.7. The molecule has 0 saturated carbocycles. The van der Waals surface area contributed by atoms with Crippen molar-refractivity contribution in [3.63, 3.8) is 0 Å². The molecule has 2 rings (SSSR count). The number of carbonyl (C=O) groups excluding carboxylic acids is 1. The summed E-state index contributed by atoms with van der Waals surface area (Å²) in [5.41, 5.74) is 0.375. The Morgan fingerprint density at radius 2 is 1.78 bits per heavy atom. The molecule has 2 aromatic rings. The van der Waals surface area contributed by atoms with Crippen molar-refractivity contribution in [2.45, 2.75) is 62.7 Å². The normalized spacial score (nSPS) is 12.4. The third-order valence-electron chi connectivity index (χ3n) is 4.48. The first kappa shape index (κ1) is 22.6. The largest absolute Gasteiger partial charge is 0.493 e. The van der Waals surface area contributed by atoms with Crippen LogP contribution in [0.15, 0.2) is 53.4 Å². The molecule has 1 amide bonds. The topological polar surface area (TPSA) is 66.8 Å². The number of alkyl halides is 2. The molecule has 0 atom stereocenters. The highest BCUT2D eigenvalue weighted by atomic mass is 32.2. The Morgan fingerprint density at radius 3 is 2.41 bits per heavy atom. The molecule has 0 heterocycles. The predicted octanol–water partition coefficient (Wildman–Crippen LogP) is 6.08. The highest BCUT2D eigenvalue weighted by molar-refractivity contribution is 7.99. The van der Waals surface area contributed by atoms with Gasteiger partial charge < -0.3 is 14.7 Å². The number of hydrogen-bond acceptors (Lipinski definition) is 4. The lowest BCUT2D eigenvalue weighted by molar-refractivity contribution is -0.137. The van der Waals surface area contributed by atoms with E-state index in [1.807, 2.05) is 0 Å². The van der Waals surface area contributed by atoms with Crippen LogP contribution in [0.5, 0.6) is 5.75 Å². The van der Waals surface area contributed by atoms with Crippen molar-refractivity contribution in [3.05, 3.63) is 59.7 Å². The van der Waals surface area contributed by atoms with E-state index in [2.05, 4.69) is 0 Å². The number of aliphatic carboxylic acids is 1. The number of amides is 1. The van der Waals surface area contributed by atoms with Crippen molar-refractivity contribution in [2.75, 3.05) is 6.61 Å². The Balaban J connectivity index is 2.20. The standard InChI is InChI=1S/C24H29F2NO4S/c1-17(2)27(23(30)18-11-13-20(14-12-18)32-24(25)26)16-19-8-5-6-9-21(19)31-15-7-3-4-10-22(28)29/h5-6,8-9,11-14,17,24H,3-4,7,10,15-16H2,1-2H3,(H,28,29)/i16D2. The number of carbonyl (C=O) groups is 2. The Morgan fingerprint density at radius 1 is 1.09 bits per heavy atom. The Kier molecular flexibility index (Phi) is 9.21. The van der Waals surface area contributed by atoms with E-state index in [9.17, 15) is 18.4 Å². The van der Waals surface area contributed by atoms with Crippen LogP contribution in [0.4, 0.5) is 8.78 Å². The number of carboxylic acid groups (broad SMARTS) is 1. The minimum Gasteiger partial charge on any atom is -0.493 e. The molecule has 0 aromatic heterocycles. The maximum absolute atomic E-state index is 13.3. The fourth-order valence-corrected chi connectivity index (χ4v) is 3.38. The first-order valence-corrected chi connectivity index (χ1v) is 11.2. The summed E-state index contributed by atoms with van der Waals surface area (Å²) >= 11 is 0.374. The lowest BCUT2D eigenvalue weighted by Crippen LogP contribution is -2.36. The lowest BCUT2D eigenvalue weighted by Gasteiger charge is -2.28. The van der Waals surface area contributed by atoms with E-state index < -0.39 is 30.2 Å². The summed E-state index contributed by atoms with van der Waals surface area (Å²) in [5.74, 6) is -3.69. The van der Waals surface area contributed by atoms with Gasteiger partial charge in [0.2, 0.25) is 0 Å². The highest BCUT2D eigenvalue weighted by Gasteiger charge is 2.21. The van der Waals surface area contributed by atoms with Gasteiger partial charge in [0.15, 0.2) is 0 Å². The van der Waals surface area contributed by atoms with Crippen LogP contribution in [0, 0.1) is 0 Å². The van der Waals surface area contributed by atoms with Crippen molar-refractivity contribution < 1.29 is 31.0 Å². The van der Waals surface area contributed by atoms with Gasteiger partial charge in [-0.25, -0.2) is 0 Å². The summed E-state index contributed by atoms with van der Waals surface area (Å²) in [5, 5.41) is 8.71. The van der Waals surface area contributed by atoms with Gasteiger partial charge in [-0.05, 0) is 63.4 Å². The number of thioether (sulfide) groups is 1. The molecule has 0 saturated heterocycles. The predicted molar refractivity (Wildman–Crippen MR) is 121 cm³/mol. The van der Waals surface area contributed by atoms with Crippen molar-refractivity contribution in [3.8, 4) is 5.75 Å². The molecular formula is C24H29F2NO4S. The molecule has 0 unspecified atom stereocenters. The van der Waals surface area contributed by atoms with Crippen LogP contribution < -0.4 is 4.74 Å². The van der Waals surface area contributed by atoms with Gasteiger partial charge in [-0.2, -0.15) is 8.78 Å². The van der Waals surface area contributed by atoms with Crippen molar-refractivity contribution in [1.29, 1.82) is 0 Å². The maximum Gasteiger partial charge on any atom is 0.303 e. The average molecular weight is 468 g/mol. The monoisotopic (exact) mass is 467 g/mol. The van der Waals surface area contributed by atoms with E-state index in [1.165, 1.54) is 24.3 Å².